The van der Waals surface area contributed by atoms with Gasteiger partial charge in [0, 0.05) is 12.6 Å². The fourth-order valence-corrected chi connectivity index (χ4v) is 3.66. The van der Waals surface area contributed by atoms with Crippen molar-refractivity contribution in [1.82, 2.24) is 14.4 Å². The second-order valence-electron chi connectivity index (χ2n) is 6.05. The Bertz CT molecular complexity index is 1050. The third-order valence-electron chi connectivity index (χ3n) is 3.94. The molecule has 0 amide bonds. The maximum Gasteiger partial charge on any atom is 0.243 e. The van der Waals surface area contributed by atoms with E-state index >= 15 is 0 Å². The number of halogens is 1. The lowest BCUT2D eigenvalue weighted by molar-refractivity contribution is 0.336. The third-order valence-corrected chi connectivity index (χ3v) is 5.74. The molecule has 0 N–H and O–H groups in total. The van der Waals surface area contributed by atoms with Crippen LogP contribution in [0, 0.1) is 19.7 Å². The highest BCUT2D eigenvalue weighted by molar-refractivity contribution is 7.89. The SMILES string of the molecule is Cc1cccc(-c2noc(CN(C)S(=O)(=O)c3ccc(F)c(C)c3)n2)c1. The van der Waals surface area contributed by atoms with Gasteiger partial charge in [0.15, 0.2) is 0 Å². The number of aryl methyl sites for hydroxylation is 2. The zero-order valence-corrected chi connectivity index (χ0v) is 15.4. The molecule has 0 unspecified atom stereocenters. The summed E-state index contributed by atoms with van der Waals surface area (Å²) < 4.78 is 44.9. The first-order valence-electron chi connectivity index (χ1n) is 7.89. The van der Waals surface area contributed by atoms with Crippen molar-refractivity contribution in [3.8, 4) is 11.4 Å². The number of sulfonamides is 1. The van der Waals surface area contributed by atoms with Crippen LogP contribution in [-0.2, 0) is 16.6 Å². The summed E-state index contributed by atoms with van der Waals surface area (Å²) >= 11 is 0. The first-order valence-corrected chi connectivity index (χ1v) is 9.33. The van der Waals surface area contributed by atoms with Crippen molar-refractivity contribution in [1.29, 1.82) is 0 Å². The largest absolute Gasteiger partial charge is 0.338 e. The molecule has 0 aliphatic carbocycles. The molecule has 3 rings (SSSR count). The van der Waals surface area contributed by atoms with E-state index < -0.39 is 15.8 Å². The van der Waals surface area contributed by atoms with E-state index in [1.54, 1.807) is 0 Å². The van der Waals surface area contributed by atoms with Crippen LogP contribution in [0.25, 0.3) is 11.4 Å². The van der Waals surface area contributed by atoms with E-state index in [0.717, 1.165) is 21.5 Å². The highest BCUT2D eigenvalue weighted by Gasteiger charge is 2.24. The topological polar surface area (TPSA) is 76.3 Å². The second kappa shape index (κ2) is 6.97. The van der Waals surface area contributed by atoms with E-state index in [2.05, 4.69) is 10.1 Å². The minimum Gasteiger partial charge on any atom is -0.338 e. The van der Waals surface area contributed by atoms with Crippen LogP contribution in [0.4, 0.5) is 4.39 Å². The average molecular weight is 375 g/mol. The molecule has 3 aromatic rings. The lowest BCUT2D eigenvalue weighted by Gasteiger charge is -2.15. The van der Waals surface area contributed by atoms with Crippen molar-refractivity contribution < 1.29 is 17.3 Å². The average Bonchev–Trinajstić information content (AvgIpc) is 3.05. The van der Waals surface area contributed by atoms with Gasteiger partial charge in [-0.2, -0.15) is 9.29 Å². The van der Waals surface area contributed by atoms with Crippen molar-refractivity contribution in [2.24, 2.45) is 0 Å². The van der Waals surface area contributed by atoms with Gasteiger partial charge in [-0.25, -0.2) is 12.8 Å². The van der Waals surface area contributed by atoms with Crippen molar-refractivity contribution in [3.63, 3.8) is 0 Å². The van der Waals surface area contributed by atoms with Crippen LogP contribution < -0.4 is 0 Å². The van der Waals surface area contributed by atoms with Gasteiger partial charge in [-0.1, -0.05) is 28.9 Å². The molecular weight excluding hydrogens is 357 g/mol. The molecule has 26 heavy (non-hydrogen) atoms. The van der Waals surface area contributed by atoms with Crippen molar-refractivity contribution in [2.45, 2.75) is 25.3 Å². The van der Waals surface area contributed by atoms with Gasteiger partial charge >= 0.3 is 0 Å². The molecule has 0 saturated heterocycles. The summed E-state index contributed by atoms with van der Waals surface area (Å²) in [6.07, 6.45) is 0. The Kier molecular flexibility index (Phi) is 4.88. The normalized spacial score (nSPS) is 11.9. The number of nitrogens with zero attached hydrogens (tertiary/aromatic N) is 3. The third kappa shape index (κ3) is 3.66. The zero-order chi connectivity index (χ0) is 18.9. The molecule has 0 atom stereocenters. The summed E-state index contributed by atoms with van der Waals surface area (Å²) in [5.41, 5.74) is 2.11. The first-order chi connectivity index (χ1) is 12.3. The minimum absolute atomic E-state index is 0.0114. The standard InChI is InChI=1S/C18H18FN3O3S/c1-12-5-4-6-14(9-12)18-20-17(25-21-18)11-22(3)26(23,24)15-7-8-16(19)13(2)10-15/h4-10H,11H2,1-3H3. The van der Waals surface area contributed by atoms with Crippen molar-refractivity contribution in [2.75, 3.05) is 7.05 Å². The first kappa shape index (κ1) is 18.2. The molecule has 8 heteroatoms. The van der Waals surface area contributed by atoms with Crippen LogP contribution in [0.1, 0.15) is 17.0 Å². The van der Waals surface area contributed by atoms with Crippen LogP contribution in [0.5, 0.6) is 0 Å². The second-order valence-corrected chi connectivity index (χ2v) is 8.10. The molecule has 1 aromatic heterocycles. The van der Waals surface area contributed by atoms with Gasteiger partial charge < -0.3 is 4.52 Å². The predicted molar refractivity (Wildman–Crippen MR) is 94.3 cm³/mol. The Hall–Kier alpha value is -2.58. The molecule has 1 heterocycles. The zero-order valence-electron chi connectivity index (χ0n) is 14.6. The molecular formula is C18H18FN3O3S. The van der Waals surface area contributed by atoms with E-state index in [9.17, 15) is 12.8 Å². The Balaban J connectivity index is 1.81. The van der Waals surface area contributed by atoms with Gasteiger partial charge in [-0.3, -0.25) is 0 Å². The minimum atomic E-state index is -3.80. The van der Waals surface area contributed by atoms with Crippen LogP contribution in [-0.4, -0.2) is 29.9 Å². The number of benzene rings is 2. The summed E-state index contributed by atoms with van der Waals surface area (Å²) in [5.74, 6) is 0.116. The summed E-state index contributed by atoms with van der Waals surface area (Å²) in [6, 6.07) is 11.3. The van der Waals surface area contributed by atoms with Gasteiger partial charge in [-0.05, 0) is 43.7 Å². The molecule has 0 fully saturated rings. The Morgan fingerprint density at radius 2 is 1.92 bits per heavy atom. The number of hydrogen-bond acceptors (Lipinski definition) is 5. The Morgan fingerprint density at radius 1 is 1.15 bits per heavy atom. The maximum atomic E-state index is 13.4. The van der Waals surface area contributed by atoms with Crippen LogP contribution in [0.15, 0.2) is 51.9 Å². The lowest BCUT2D eigenvalue weighted by Crippen LogP contribution is -2.26. The molecule has 0 bridgehead atoms. The van der Waals surface area contributed by atoms with Crippen molar-refractivity contribution >= 4 is 10.0 Å². The van der Waals surface area contributed by atoms with Gasteiger partial charge in [0.2, 0.25) is 21.7 Å². The van der Waals surface area contributed by atoms with Gasteiger partial charge in [-0.15, -0.1) is 0 Å². The van der Waals surface area contributed by atoms with Gasteiger partial charge in [0.05, 0.1) is 11.4 Å². The maximum absolute atomic E-state index is 13.4. The molecule has 0 aliphatic rings. The summed E-state index contributed by atoms with van der Waals surface area (Å²) in [6.45, 7) is 3.38. The van der Waals surface area contributed by atoms with E-state index in [1.807, 2.05) is 31.2 Å². The number of rotatable bonds is 5. The van der Waals surface area contributed by atoms with E-state index in [-0.39, 0.29) is 22.9 Å². The Morgan fingerprint density at radius 3 is 2.62 bits per heavy atom. The number of hydrogen-bond donors (Lipinski definition) is 0. The quantitative estimate of drug-likeness (QED) is 0.684. The van der Waals surface area contributed by atoms with E-state index in [0.29, 0.717) is 5.82 Å². The predicted octanol–water partition coefficient (Wildman–Crippen LogP) is 3.31. The molecule has 0 spiro atoms. The molecule has 0 aliphatic heterocycles. The molecule has 136 valence electrons. The monoisotopic (exact) mass is 375 g/mol. The lowest BCUT2D eigenvalue weighted by atomic mass is 10.1. The van der Waals surface area contributed by atoms with E-state index in [4.69, 9.17) is 4.52 Å². The van der Waals surface area contributed by atoms with Crippen LogP contribution >= 0.6 is 0 Å². The van der Waals surface area contributed by atoms with Gasteiger partial charge in [0.25, 0.3) is 0 Å². The summed E-state index contributed by atoms with van der Waals surface area (Å²) in [7, 11) is -2.39. The fourth-order valence-electron chi connectivity index (χ4n) is 2.45. The molecule has 6 nitrogen and oxygen atoms in total. The highest BCUT2D eigenvalue weighted by atomic mass is 32.2. The summed E-state index contributed by atoms with van der Waals surface area (Å²) in [4.78, 5) is 4.27. The fraction of sp³-hybridized carbons (Fsp3) is 0.222. The van der Waals surface area contributed by atoms with Crippen LogP contribution in [0.3, 0.4) is 0 Å². The van der Waals surface area contributed by atoms with Crippen LogP contribution in [0.2, 0.25) is 0 Å². The molecule has 0 radical (unpaired) electrons. The summed E-state index contributed by atoms with van der Waals surface area (Å²) in [5, 5.41) is 3.90. The smallest absolute Gasteiger partial charge is 0.243 e. The Labute approximate surface area is 151 Å². The molecule has 2 aromatic carbocycles. The van der Waals surface area contributed by atoms with Crippen molar-refractivity contribution in [3.05, 3.63) is 65.3 Å². The van der Waals surface area contributed by atoms with Gasteiger partial charge in [0.1, 0.15) is 5.82 Å². The molecule has 0 saturated carbocycles. The van der Waals surface area contributed by atoms with E-state index in [1.165, 1.54) is 26.1 Å². The highest BCUT2D eigenvalue weighted by Crippen LogP contribution is 2.21. The number of aromatic nitrogens is 2.